The zero-order valence-electron chi connectivity index (χ0n) is 11.9. The Morgan fingerprint density at radius 2 is 2.15 bits per heavy atom. The van der Waals surface area contributed by atoms with Gasteiger partial charge in [0.25, 0.3) is 0 Å². The van der Waals surface area contributed by atoms with Gasteiger partial charge in [0.05, 0.1) is 18.8 Å². The van der Waals surface area contributed by atoms with Gasteiger partial charge < -0.3 is 9.64 Å². The van der Waals surface area contributed by atoms with Crippen molar-refractivity contribution in [1.82, 2.24) is 19.7 Å². The molecule has 0 amide bonds. The Hall–Kier alpha value is -2.11. The van der Waals surface area contributed by atoms with E-state index in [4.69, 9.17) is 4.74 Å². The number of methoxy groups -OCH3 is 1. The summed E-state index contributed by atoms with van der Waals surface area (Å²) in [6.07, 6.45) is 7.07. The summed E-state index contributed by atoms with van der Waals surface area (Å²) in [5.74, 6) is 1.33. The Morgan fingerprint density at radius 1 is 1.25 bits per heavy atom. The number of nitrogens with zero attached hydrogens (tertiary/aromatic N) is 5. The minimum atomic E-state index is 0.281. The van der Waals surface area contributed by atoms with E-state index in [2.05, 4.69) is 26.0 Å². The summed E-state index contributed by atoms with van der Waals surface area (Å²) >= 11 is 0. The largest absolute Gasteiger partial charge is 0.481 e. The zero-order chi connectivity index (χ0) is 13.9. The van der Waals surface area contributed by atoms with Crippen LogP contribution >= 0.6 is 0 Å². The summed E-state index contributed by atoms with van der Waals surface area (Å²) in [7, 11) is 3.61. The molecule has 0 N–H and O–H groups in total. The number of anilines is 1. The summed E-state index contributed by atoms with van der Waals surface area (Å²) in [6, 6.07) is 4.12. The quantitative estimate of drug-likeness (QED) is 0.855. The number of rotatable bonds is 3. The van der Waals surface area contributed by atoms with Gasteiger partial charge in [-0.3, -0.25) is 4.68 Å². The van der Waals surface area contributed by atoms with E-state index in [9.17, 15) is 0 Å². The number of aryl methyl sites for hydroxylation is 1. The highest BCUT2D eigenvalue weighted by Gasteiger charge is 2.28. The van der Waals surface area contributed by atoms with Crippen molar-refractivity contribution in [3.63, 3.8) is 0 Å². The van der Waals surface area contributed by atoms with Gasteiger partial charge >= 0.3 is 0 Å². The van der Waals surface area contributed by atoms with E-state index in [1.807, 2.05) is 17.9 Å². The van der Waals surface area contributed by atoms with E-state index in [-0.39, 0.29) is 6.04 Å². The van der Waals surface area contributed by atoms with Gasteiger partial charge in [0.15, 0.2) is 0 Å². The third kappa shape index (κ3) is 2.33. The molecule has 0 aliphatic carbocycles. The van der Waals surface area contributed by atoms with Crippen LogP contribution in [0.15, 0.2) is 24.5 Å². The van der Waals surface area contributed by atoms with E-state index in [0.717, 1.165) is 25.3 Å². The molecule has 1 aliphatic heterocycles. The molecule has 106 valence electrons. The number of aromatic nitrogens is 4. The predicted molar refractivity (Wildman–Crippen MR) is 75.7 cm³/mol. The van der Waals surface area contributed by atoms with Crippen LogP contribution in [0.1, 0.15) is 31.0 Å². The standard InChI is InChI=1S/C14H19N5O/c1-18-11(6-9-16-18)12-5-3-4-10-19(12)14-15-8-7-13(17-14)20-2/h6-9,12H,3-5,10H2,1-2H3. The predicted octanol–water partition coefficient (Wildman–Crippen LogP) is 1.95. The van der Waals surface area contributed by atoms with Crippen LogP contribution in [0.25, 0.3) is 0 Å². The normalized spacial score (nSPS) is 19.1. The fraction of sp³-hybridized carbons (Fsp3) is 0.500. The van der Waals surface area contributed by atoms with Crippen molar-refractivity contribution in [2.75, 3.05) is 18.6 Å². The fourth-order valence-electron chi connectivity index (χ4n) is 2.77. The van der Waals surface area contributed by atoms with Gasteiger partial charge in [-0.25, -0.2) is 4.98 Å². The lowest BCUT2D eigenvalue weighted by atomic mass is 10.00. The molecule has 1 fully saturated rings. The molecule has 6 nitrogen and oxygen atoms in total. The lowest BCUT2D eigenvalue weighted by Gasteiger charge is -2.35. The van der Waals surface area contributed by atoms with Gasteiger partial charge in [0.2, 0.25) is 11.8 Å². The first-order valence-corrected chi connectivity index (χ1v) is 6.91. The maximum absolute atomic E-state index is 5.20. The Balaban J connectivity index is 1.94. The topological polar surface area (TPSA) is 56.1 Å². The lowest BCUT2D eigenvalue weighted by molar-refractivity contribution is 0.392. The van der Waals surface area contributed by atoms with E-state index < -0.39 is 0 Å². The number of hydrogen-bond acceptors (Lipinski definition) is 5. The van der Waals surface area contributed by atoms with Crippen molar-refractivity contribution in [3.8, 4) is 5.88 Å². The van der Waals surface area contributed by atoms with Gasteiger partial charge in [-0.05, 0) is 25.3 Å². The van der Waals surface area contributed by atoms with Crippen LogP contribution in [0.3, 0.4) is 0 Å². The molecule has 1 atom stereocenters. The third-order valence-corrected chi connectivity index (χ3v) is 3.79. The smallest absolute Gasteiger partial charge is 0.229 e. The van der Waals surface area contributed by atoms with Crippen LogP contribution in [0.5, 0.6) is 5.88 Å². The third-order valence-electron chi connectivity index (χ3n) is 3.79. The molecular weight excluding hydrogens is 254 g/mol. The lowest BCUT2D eigenvalue weighted by Crippen LogP contribution is -2.35. The van der Waals surface area contributed by atoms with Crippen molar-refractivity contribution >= 4 is 5.95 Å². The van der Waals surface area contributed by atoms with Crippen molar-refractivity contribution in [3.05, 3.63) is 30.2 Å². The van der Waals surface area contributed by atoms with E-state index >= 15 is 0 Å². The van der Waals surface area contributed by atoms with Gasteiger partial charge in [0.1, 0.15) is 0 Å². The minimum Gasteiger partial charge on any atom is -0.481 e. The first-order chi connectivity index (χ1) is 9.79. The van der Waals surface area contributed by atoms with Gasteiger partial charge in [0, 0.05) is 32.1 Å². The first-order valence-electron chi connectivity index (χ1n) is 6.91. The fourth-order valence-corrected chi connectivity index (χ4v) is 2.77. The maximum Gasteiger partial charge on any atom is 0.229 e. The van der Waals surface area contributed by atoms with Crippen LogP contribution in [0.4, 0.5) is 5.95 Å². The van der Waals surface area contributed by atoms with Crippen molar-refractivity contribution in [2.45, 2.75) is 25.3 Å². The van der Waals surface area contributed by atoms with E-state index in [1.165, 1.54) is 12.1 Å². The summed E-state index contributed by atoms with van der Waals surface area (Å²) < 4.78 is 7.13. The molecule has 3 rings (SSSR count). The molecule has 3 heterocycles. The second-order valence-electron chi connectivity index (χ2n) is 4.98. The molecule has 2 aromatic heterocycles. The summed E-state index contributed by atoms with van der Waals surface area (Å²) in [4.78, 5) is 11.1. The Bertz CT molecular complexity index is 582. The van der Waals surface area contributed by atoms with Crippen molar-refractivity contribution in [1.29, 1.82) is 0 Å². The second kappa shape index (κ2) is 5.48. The minimum absolute atomic E-state index is 0.281. The Kier molecular flexibility index (Phi) is 3.54. The highest BCUT2D eigenvalue weighted by atomic mass is 16.5. The van der Waals surface area contributed by atoms with Crippen LogP contribution in [-0.4, -0.2) is 33.4 Å². The molecule has 0 saturated carbocycles. The summed E-state index contributed by atoms with van der Waals surface area (Å²) in [6.45, 7) is 0.961. The molecule has 0 spiro atoms. The first kappa shape index (κ1) is 12.9. The molecule has 1 unspecified atom stereocenters. The highest BCUT2D eigenvalue weighted by molar-refractivity contribution is 5.36. The van der Waals surface area contributed by atoms with Gasteiger partial charge in [-0.2, -0.15) is 10.1 Å². The second-order valence-corrected chi connectivity index (χ2v) is 4.98. The Labute approximate surface area is 118 Å². The Morgan fingerprint density at radius 3 is 2.90 bits per heavy atom. The van der Waals surface area contributed by atoms with Crippen LogP contribution < -0.4 is 9.64 Å². The maximum atomic E-state index is 5.20. The molecule has 2 aromatic rings. The molecule has 1 saturated heterocycles. The van der Waals surface area contributed by atoms with E-state index in [0.29, 0.717) is 5.88 Å². The average Bonchev–Trinajstić information content (AvgIpc) is 2.93. The van der Waals surface area contributed by atoms with Gasteiger partial charge in [-0.15, -0.1) is 0 Å². The SMILES string of the molecule is COc1ccnc(N2CCCCC2c2ccnn2C)n1. The van der Waals surface area contributed by atoms with Crippen molar-refractivity contribution < 1.29 is 4.74 Å². The number of hydrogen-bond donors (Lipinski definition) is 0. The summed E-state index contributed by atoms with van der Waals surface area (Å²) in [5.41, 5.74) is 1.20. The van der Waals surface area contributed by atoms with Crippen LogP contribution in [0.2, 0.25) is 0 Å². The zero-order valence-corrected chi connectivity index (χ0v) is 11.9. The van der Waals surface area contributed by atoms with E-state index in [1.54, 1.807) is 19.4 Å². The molecule has 0 aromatic carbocycles. The van der Waals surface area contributed by atoms with Crippen LogP contribution in [-0.2, 0) is 7.05 Å². The molecule has 0 bridgehead atoms. The molecule has 0 radical (unpaired) electrons. The highest BCUT2D eigenvalue weighted by Crippen LogP contribution is 2.33. The molecular formula is C14H19N5O. The molecule has 6 heteroatoms. The van der Waals surface area contributed by atoms with Crippen molar-refractivity contribution in [2.24, 2.45) is 7.05 Å². The monoisotopic (exact) mass is 273 g/mol. The average molecular weight is 273 g/mol. The number of piperidine rings is 1. The van der Waals surface area contributed by atoms with Gasteiger partial charge in [-0.1, -0.05) is 0 Å². The summed E-state index contributed by atoms with van der Waals surface area (Å²) in [5, 5.41) is 4.28. The molecule has 20 heavy (non-hydrogen) atoms. The molecule has 1 aliphatic rings. The number of ether oxygens (including phenoxy) is 1. The van der Waals surface area contributed by atoms with Crippen LogP contribution in [0, 0.1) is 0 Å².